The van der Waals surface area contributed by atoms with Crippen molar-refractivity contribution >= 4 is 17.5 Å². The minimum Gasteiger partial charge on any atom is -0.489 e. The summed E-state index contributed by atoms with van der Waals surface area (Å²) >= 11 is 0. The molecule has 0 bridgehead atoms. The molecule has 1 aliphatic carbocycles. The van der Waals surface area contributed by atoms with Gasteiger partial charge in [-0.3, -0.25) is 14.3 Å². The van der Waals surface area contributed by atoms with Crippen LogP contribution in [0.2, 0.25) is 0 Å². The molecule has 7 heteroatoms. The maximum Gasteiger partial charge on any atom is 0.271 e. The van der Waals surface area contributed by atoms with Crippen LogP contribution in [0.25, 0.3) is 0 Å². The summed E-state index contributed by atoms with van der Waals surface area (Å²) in [6.45, 7) is 2.91. The van der Waals surface area contributed by atoms with Gasteiger partial charge >= 0.3 is 0 Å². The number of aryl methyl sites for hydroxylation is 3. The van der Waals surface area contributed by atoms with Gasteiger partial charge in [0.1, 0.15) is 18.1 Å². The number of hydrogen-bond donors (Lipinski definition) is 2. The largest absolute Gasteiger partial charge is 0.489 e. The van der Waals surface area contributed by atoms with Gasteiger partial charge in [-0.1, -0.05) is 25.1 Å². The number of hydrogen-bond acceptors (Lipinski definition) is 4. The first kappa shape index (κ1) is 21.6. The molecule has 3 aromatic rings. The van der Waals surface area contributed by atoms with E-state index in [2.05, 4.69) is 27.9 Å². The predicted molar refractivity (Wildman–Crippen MR) is 123 cm³/mol. The van der Waals surface area contributed by atoms with E-state index in [4.69, 9.17) is 4.74 Å². The van der Waals surface area contributed by atoms with E-state index in [1.165, 1.54) is 28.4 Å². The van der Waals surface area contributed by atoms with Crippen LogP contribution in [0.4, 0.5) is 5.69 Å². The second-order valence-electron chi connectivity index (χ2n) is 8.01. The number of aromatic nitrogens is 2. The van der Waals surface area contributed by atoms with Crippen molar-refractivity contribution in [2.45, 2.75) is 39.2 Å². The molecule has 0 unspecified atom stereocenters. The highest BCUT2D eigenvalue weighted by molar-refractivity contribution is 6.08. The van der Waals surface area contributed by atoms with Gasteiger partial charge in [-0.05, 0) is 66.6 Å². The molecule has 0 saturated carbocycles. The Bertz CT molecular complexity index is 1140. The van der Waals surface area contributed by atoms with Crippen LogP contribution in [0.5, 0.6) is 5.75 Å². The Hall–Kier alpha value is -3.61. The average molecular weight is 433 g/mol. The van der Waals surface area contributed by atoms with Crippen LogP contribution in [0.1, 0.15) is 57.3 Å². The standard InChI is InChI=1S/C25H28N4O3/c1-3-12-26-25(31)23-22(15-27-29(23)2)28-24(30)20-9-4-6-17(13-20)16-32-21-11-10-18-7-5-8-19(18)14-21/h4,6,9-11,13-15H,3,5,7-8,12,16H2,1-2H3,(H,26,31)(H,28,30). The summed E-state index contributed by atoms with van der Waals surface area (Å²) in [5.41, 5.74) is 4.86. The monoisotopic (exact) mass is 432 g/mol. The molecule has 0 radical (unpaired) electrons. The first-order chi connectivity index (χ1) is 15.5. The zero-order chi connectivity index (χ0) is 22.5. The lowest BCUT2D eigenvalue weighted by atomic mass is 10.1. The molecule has 0 aliphatic heterocycles. The lowest BCUT2D eigenvalue weighted by Gasteiger charge is -2.10. The van der Waals surface area contributed by atoms with Gasteiger partial charge in [0.25, 0.3) is 11.8 Å². The van der Waals surface area contributed by atoms with Crippen LogP contribution in [0.3, 0.4) is 0 Å². The number of rotatable bonds is 8. The third-order valence-corrected chi connectivity index (χ3v) is 5.60. The number of nitrogens with one attached hydrogen (secondary N) is 2. The highest BCUT2D eigenvalue weighted by Gasteiger charge is 2.19. The van der Waals surface area contributed by atoms with E-state index < -0.39 is 0 Å². The van der Waals surface area contributed by atoms with E-state index in [1.807, 2.05) is 25.1 Å². The SMILES string of the molecule is CCCNC(=O)c1c(NC(=O)c2cccc(COc3ccc4c(c3)CCC4)c2)cnn1C. The number of fused-ring (bicyclic) bond motifs is 1. The highest BCUT2D eigenvalue weighted by atomic mass is 16.5. The average Bonchev–Trinajstić information content (AvgIpc) is 3.42. The zero-order valence-corrected chi connectivity index (χ0v) is 18.5. The predicted octanol–water partition coefficient (Wildman–Crippen LogP) is 3.88. The van der Waals surface area contributed by atoms with E-state index in [0.717, 1.165) is 30.6 Å². The Kier molecular flexibility index (Phi) is 6.54. The van der Waals surface area contributed by atoms with Crippen molar-refractivity contribution in [1.29, 1.82) is 0 Å². The van der Waals surface area contributed by atoms with Crippen molar-refractivity contribution in [2.24, 2.45) is 7.05 Å². The minimum atomic E-state index is -0.304. The van der Waals surface area contributed by atoms with Gasteiger partial charge in [-0.2, -0.15) is 5.10 Å². The fourth-order valence-electron chi connectivity index (χ4n) is 3.92. The summed E-state index contributed by atoms with van der Waals surface area (Å²) in [4.78, 5) is 25.3. The number of benzene rings is 2. The van der Waals surface area contributed by atoms with Gasteiger partial charge in [0, 0.05) is 19.2 Å². The van der Waals surface area contributed by atoms with Crippen LogP contribution in [0.15, 0.2) is 48.7 Å². The van der Waals surface area contributed by atoms with Crippen LogP contribution in [-0.4, -0.2) is 28.1 Å². The van der Waals surface area contributed by atoms with Crippen molar-refractivity contribution in [1.82, 2.24) is 15.1 Å². The Morgan fingerprint density at radius 3 is 2.78 bits per heavy atom. The third kappa shape index (κ3) is 4.82. The normalized spacial score (nSPS) is 12.3. The summed E-state index contributed by atoms with van der Waals surface area (Å²) in [7, 11) is 1.67. The molecule has 1 aliphatic rings. The van der Waals surface area contributed by atoms with E-state index in [1.54, 1.807) is 19.2 Å². The number of carbonyl (C=O) groups is 2. The lowest BCUT2D eigenvalue weighted by molar-refractivity contribution is 0.0945. The molecule has 0 atom stereocenters. The third-order valence-electron chi connectivity index (χ3n) is 5.60. The second kappa shape index (κ2) is 9.68. The van der Waals surface area contributed by atoms with Crippen LogP contribution in [0, 0.1) is 0 Å². The Morgan fingerprint density at radius 1 is 1.09 bits per heavy atom. The molecule has 0 spiro atoms. The molecule has 0 fully saturated rings. The highest BCUT2D eigenvalue weighted by Crippen LogP contribution is 2.26. The maximum atomic E-state index is 12.8. The van der Waals surface area contributed by atoms with Crippen molar-refractivity contribution < 1.29 is 14.3 Å². The molecule has 166 valence electrons. The zero-order valence-electron chi connectivity index (χ0n) is 18.5. The summed E-state index contributed by atoms with van der Waals surface area (Å²) < 4.78 is 7.42. The topological polar surface area (TPSA) is 85.2 Å². The van der Waals surface area contributed by atoms with Gasteiger partial charge in [-0.25, -0.2) is 0 Å². The smallest absolute Gasteiger partial charge is 0.271 e. The van der Waals surface area contributed by atoms with Crippen LogP contribution < -0.4 is 15.4 Å². The summed E-state index contributed by atoms with van der Waals surface area (Å²) in [6, 6.07) is 13.6. The van der Waals surface area contributed by atoms with Gasteiger partial charge in [-0.15, -0.1) is 0 Å². The number of amides is 2. The molecule has 32 heavy (non-hydrogen) atoms. The quantitative estimate of drug-likeness (QED) is 0.566. The van der Waals surface area contributed by atoms with Crippen molar-refractivity contribution in [3.05, 3.63) is 76.6 Å². The van der Waals surface area contributed by atoms with Gasteiger partial charge < -0.3 is 15.4 Å². The molecule has 7 nitrogen and oxygen atoms in total. The molecular weight excluding hydrogens is 404 g/mol. The lowest BCUT2D eigenvalue weighted by Crippen LogP contribution is -2.27. The van der Waals surface area contributed by atoms with Gasteiger partial charge in [0.05, 0.1) is 11.9 Å². The molecule has 1 heterocycles. The summed E-state index contributed by atoms with van der Waals surface area (Å²) in [6.07, 6.45) is 5.76. The number of ether oxygens (including phenoxy) is 1. The summed E-state index contributed by atoms with van der Waals surface area (Å²) in [5, 5.41) is 9.75. The number of anilines is 1. The second-order valence-corrected chi connectivity index (χ2v) is 8.01. The minimum absolute atomic E-state index is 0.265. The van der Waals surface area contributed by atoms with Crippen molar-refractivity contribution in [3.63, 3.8) is 0 Å². The van der Waals surface area contributed by atoms with E-state index in [9.17, 15) is 9.59 Å². The van der Waals surface area contributed by atoms with E-state index in [0.29, 0.717) is 30.1 Å². The molecule has 1 aromatic heterocycles. The first-order valence-corrected chi connectivity index (χ1v) is 11.0. The molecule has 0 saturated heterocycles. The number of carbonyl (C=O) groups excluding carboxylic acids is 2. The summed E-state index contributed by atoms with van der Waals surface area (Å²) in [5.74, 6) is 0.277. The maximum absolute atomic E-state index is 12.8. The fraction of sp³-hybridized carbons (Fsp3) is 0.320. The van der Waals surface area contributed by atoms with Crippen molar-refractivity contribution in [3.8, 4) is 5.75 Å². The van der Waals surface area contributed by atoms with Gasteiger partial charge in [0.15, 0.2) is 0 Å². The first-order valence-electron chi connectivity index (χ1n) is 11.0. The van der Waals surface area contributed by atoms with Crippen molar-refractivity contribution in [2.75, 3.05) is 11.9 Å². The molecule has 4 rings (SSSR count). The Morgan fingerprint density at radius 2 is 1.94 bits per heavy atom. The van der Waals surface area contributed by atoms with E-state index in [-0.39, 0.29) is 11.8 Å². The molecule has 2 amide bonds. The molecule has 2 aromatic carbocycles. The van der Waals surface area contributed by atoms with Crippen LogP contribution >= 0.6 is 0 Å². The van der Waals surface area contributed by atoms with E-state index >= 15 is 0 Å². The molecule has 2 N–H and O–H groups in total. The van der Waals surface area contributed by atoms with Crippen LogP contribution in [-0.2, 0) is 26.5 Å². The fourth-order valence-corrected chi connectivity index (χ4v) is 3.92. The Labute approximate surface area is 187 Å². The molecular formula is C25H28N4O3. The number of nitrogens with zero attached hydrogens (tertiary/aromatic N) is 2. The Balaban J connectivity index is 1.42. The van der Waals surface area contributed by atoms with Gasteiger partial charge in [0.2, 0.25) is 0 Å².